The van der Waals surface area contributed by atoms with Crippen LogP contribution in [0.4, 0.5) is 23.3 Å². The van der Waals surface area contributed by atoms with Crippen LogP contribution in [0.3, 0.4) is 0 Å². The second-order valence-corrected chi connectivity index (χ2v) is 35.2. The fraction of sp³-hybridized carbons (Fsp3) is 0.242. The second-order valence-electron chi connectivity index (χ2n) is 31.4. The fourth-order valence-corrected chi connectivity index (χ4v) is 17.4. The van der Waals surface area contributed by atoms with Crippen LogP contribution in [0.1, 0.15) is 89.9 Å². The minimum atomic E-state index is -3.66. The molecule has 4 saturated carbocycles. The standard InChI is InChI=1S/C26H25N3O6S.C24H23N3O5S.C24H22N2O5.C21H18N2O.3H2/c30-19-10-13-29(15-19)36(32,33)20-7-4-17(5-8-20)21-2-1-3-24(27-21)28-25(31)26(11-12-26)18-6-9-22-23(14-18)35-16-34-22;1-33(29,30)25-14-16-5-7-17(8-6-16)19-3-2-4-22(26-19)27-23(28)24(11-12-24)18-9-10-20-21(13-18)32-15-31-20;1-28-18-8-6-15(12-20(18)29-2)17-4-3-5-22(25-17)26-23(27)24(10-11-24)16-7-9-19-21(13-16)31-14-30-19;24-20(21(13-14-21)18-9-5-2-6-10-18)23-19-12-11-17(15-22-19)16-7-3-1-4-8-16;;;/h1-9,14,19,30H,10-13,15-16H2,(H,27,28,31);2-10,13,25H,11-12,14-15H2,1H3,(H,26,27,28);3-9,12-13H,10-11,14H2,1-2H3,(H,25,26,27);1-12,15H,13-14H2,(H,22,23,24);3*1H. The predicted molar refractivity (Wildman–Crippen MR) is 472 cm³/mol. The molecule has 0 radical (unpaired) electrons. The highest BCUT2D eigenvalue weighted by atomic mass is 32.2. The lowest BCUT2D eigenvalue weighted by Crippen LogP contribution is -2.29. The van der Waals surface area contributed by atoms with Crippen molar-refractivity contribution in [2.45, 2.75) is 97.0 Å². The molecule has 638 valence electrons. The molecule has 6 N–H and O–H groups in total. The molecule has 4 aliphatic heterocycles. The molecule has 8 aromatic carbocycles. The van der Waals surface area contributed by atoms with Gasteiger partial charge in [0.05, 0.1) is 70.2 Å². The Bertz CT molecular complexity index is 6280. The smallest absolute Gasteiger partial charge is 0.243 e. The van der Waals surface area contributed by atoms with Crippen molar-refractivity contribution in [3.8, 4) is 90.9 Å². The zero-order valence-electron chi connectivity index (χ0n) is 68.0. The van der Waals surface area contributed by atoms with E-state index in [0.717, 1.165) is 119 Å². The van der Waals surface area contributed by atoms with E-state index < -0.39 is 42.4 Å². The minimum Gasteiger partial charge on any atom is -0.493 e. The average molecular weight is 1710 g/mol. The van der Waals surface area contributed by atoms with Crippen LogP contribution in [0.15, 0.2) is 260 Å². The Morgan fingerprint density at radius 3 is 1.23 bits per heavy atom. The van der Waals surface area contributed by atoms with Gasteiger partial charge in [-0.05, 0) is 206 Å². The van der Waals surface area contributed by atoms with E-state index in [4.69, 9.17) is 37.9 Å². The molecular weight excluding hydrogens is 1620 g/mol. The summed E-state index contributed by atoms with van der Waals surface area (Å²) >= 11 is 0. The number of hydrogen-bond acceptors (Lipinski definition) is 21. The molecule has 124 heavy (non-hydrogen) atoms. The first-order valence-electron chi connectivity index (χ1n) is 40.6. The normalized spacial score (nSPS) is 16.8. The van der Waals surface area contributed by atoms with Gasteiger partial charge >= 0.3 is 0 Å². The van der Waals surface area contributed by atoms with Crippen molar-refractivity contribution in [1.29, 1.82) is 0 Å². The number of nitrogens with one attached hydrogen (secondary N) is 5. The molecule has 4 aliphatic carbocycles. The number of nitrogens with zero attached hydrogens (tertiary/aromatic N) is 5. The Kier molecular flexibility index (Phi) is 23.2. The molecule has 0 bridgehead atoms. The van der Waals surface area contributed by atoms with Crippen molar-refractivity contribution in [2.75, 3.05) is 75.2 Å². The van der Waals surface area contributed by atoms with E-state index in [1.807, 2.05) is 194 Å². The van der Waals surface area contributed by atoms with Crippen molar-refractivity contribution in [1.82, 2.24) is 29.0 Å². The maximum absolute atomic E-state index is 13.2. The number of amides is 4. The van der Waals surface area contributed by atoms with E-state index in [0.29, 0.717) is 93.6 Å². The van der Waals surface area contributed by atoms with Gasteiger partial charge in [0.15, 0.2) is 46.0 Å². The fourth-order valence-electron chi connectivity index (χ4n) is 15.5. The quantitative estimate of drug-likeness (QED) is 0.0346. The number of carbonyl (C=O) groups is 4. The molecule has 1 atom stereocenters. The van der Waals surface area contributed by atoms with Crippen molar-refractivity contribution >= 4 is 66.9 Å². The number of carbonyl (C=O) groups excluding carboxylic acids is 4. The van der Waals surface area contributed by atoms with Gasteiger partial charge < -0.3 is 64.3 Å². The molecule has 1 saturated heterocycles. The Morgan fingerprint density at radius 1 is 0.419 bits per heavy atom. The van der Waals surface area contributed by atoms with Crippen molar-refractivity contribution < 1.29 is 83.3 Å². The zero-order valence-corrected chi connectivity index (χ0v) is 69.6. The Labute approximate surface area is 721 Å². The maximum Gasteiger partial charge on any atom is 0.243 e. The maximum atomic E-state index is 13.2. The summed E-state index contributed by atoms with van der Waals surface area (Å²) in [6.07, 6.45) is 9.11. The molecule has 27 nitrogen and oxygen atoms in total. The number of anilines is 4. The molecule has 4 aromatic heterocycles. The first kappa shape index (κ1) is 82.7. The van der Waals surface area contributed by atoms with Gasteiger partial charge in [0.2, 0.25) is 64.1 Å². The van der Waals surface area contributed by atoms with Crippen LogP contribution < -0.4 is 63.9 Å². The number of rotatable bonds is 23. The van der Waals surface area contributed by atoms with Gasteiger partial charge in [0, 0.05) is 52.4 Å². The lowest BCUT2D eigenvalue weighted by atomic mass is 9.94. The van der Waals surface area contributed by atoms with E-state index in [2.05, 4.69) is 45.9 Å². The lowest BCUT2D eigenvalue weighted by Gasteiger charge is -2.17. The molecule has 8 heterocycles. The Morgan fingerprint density at radius 2 is 0.823 bits per heavy atom. The van der Waals surface area contributed by atoms with Gasteiger partial charge in [0.25, 0.3) is 0 Å². The van der Waals surface area contributed by atoms with Gasteiger partial charge in [0.1, 0.15) is 23.3 Å². The number of methoxy groups -OCH3 is 2. The summed E-state index contributed by atoms with van der Waals surface area (Å²) in [5.41, 5.74) is 9.22. The molecule has 4 amide bonds. The molecule has 20 rings (SSSR count). The summed E-state index contributed by atoms with van der Waals surface area (Å²) in [6.45, 7) is 1.24. The molecule has 8 aliphatic rings. The third-order valence-corrected chi connectivity index (χ3v) is 25.9. The number of aliphatic hydroxyl groups excluding tert-OH is 1. The van der Waals surface area contributed by atoms with Gasteiger partial charge in [-0.15, -0.1) is 0 Å². The van der Waals surface area contributed by atoms with E-state index in [1.54, 1.807) is 75.0 Å². The van der Waals surface area contributed by atoms with Crippen molar-refractivity contribution in [3.63, 3.8) is 0 Å². The second kappa shape index (κ2) is 34.7. The number of hydrogen-bond donors (Lipinski definition) is 6. The van der Waals surface area contributed by atoms with Crippen LogP contribution in [0.2, 0.25) is 0 Å². The van der Waals surface area contributed by atoms with Crippen LogP contribution in [0.5, 0.6) is 46.0 Å². The van der Waals surface area contributed by atoms with Gasteiger partial charge in [-0.2, -0.15) is 4.31 Å². The molecule has 29 heteroatoms. The van der Waals surface area contributed by atoms with Crippen LogP contribution in [-0.4, -0.2) is 130 Å². The molecule has 5 fully saturated rings. The average Bonchev–Trinajstić information content (AvgIpc) is 1.59. The Hall–Kier alpha value is -13.6. The number of pyridine rings is 4. The first-order chi connectivity index (χ1) is 60.1. The summed E-state index contributed by atoms with van der Waals surface area (Å²) < 4.78 is 95.2. The molecule has 0 spiro atoms. The molecular formula is C95H94N10O17S2. The third-order valence-electron chi connectivity index (χ3n) is 23.3. The summed E-state index contributed by atoms with van der Waals surface area (Å²) in [5, 5.41) is 21.6. The number of ether oxygens (including phenoxy) is 8. The van der Waals surface area contributed by atoms with Crippen LogP contribution in [-0.2, 0) is 67.4 Å². The monoisotopic (exact) mass is 1710 g/mol. The largest absolute Gasteiger partial charge is 0.493 e. The molecule has 12 aromatic rings. The highest BCUT2D eigenvalue weighted by molar-refractivity contribution is 7.89. The van der Waals surface area contributed by atoms with Crippen LogP contribution in [0, 0.1) is 0 Å². The predicted octanol–water partition coefficient (Wildman–Crippen LogP) is 15.4. The first-order valence-corrected chi connectivity index (χ1v) is 43.9. The summed E-state index contributed by atoms with van der Waals surface area (Å²) in [6, 6.07) is 76.8. The van der Waals surface area contributed by atoms with Gasteiger partial charge in [-0.1, -0.05) is 133 Å². The summed E-state index contributed by atoms with van der Waals surface area (Å²) in [4.78, 5) is 70.7. The highest BCUT2D eigenvalue weighted by Crippen LogP contribution is 2.55. The van der Waals surface area contributed by atoms with E-state index in [1.165, 1.54) is 4.31 Å². The Balaban J connectivity index is 0.000000137. The van der Waals surface area contributed by atoms with Crippen molar-refractivity contribution in [2.24, 2.45) is 0 Å². The van der Waals surface area contributed by atoms with E-state index in [-0.39, 0.29) is 71.7 Å². The van der Waals surface area contributed by atoms with Gasteiger partial charge in [-0.3, -0.25) is 19.2 Å². The van der Waals surface area contributed by atoms with Crippen molar-refractivity contribution in [3.05, 3.63) is 283 Å². The van der Waals surface area contributed by atoms with E-state index in [9.17, 15) is 41.1 Å². The lowest BCUT2D eigenvalue weighted by molar-refractivity contribution is -0.119. The van der Waals surface area contributed by atoms with Crippen LogP contribution >= 0.6 is 0 Å². The van der Waals surface area contributed by atoms with E-state index >= 15 is 0 Å². The minimum absolute atomic E-state index is 0. The highest BCUT2D eigenvalue weighted by Gasteiger charge is 2.55. The number of benzene rings is 8. The van der Waals surface area contributed by atoms with Gasteiger partial charge in [-0.25, -0.2) is 41.5 Å². The number of sulfonamides is 2. The number of aliphatic hydroxyl groups is 1. The third kappa shape index (κ3) is 18.0. The molecule has 1 unspecified atom stereocenters. The number of β-amino-alcohol motifs (C(OH)–C–C–N with tert-alkyl or cyclic N) is 1. The topological polar surface area (TPSA) is 346 Å². The summed E-state index contributed by atoms with van der Waals surface area (Å²) in [7, 11) is -3.71. The number of aromatic nitrogens is 4. The van der Waals surface area contributed by atoms with Crippen LogP contribution in [0.25, 0.3) is 44.9 Å². The zero-order chi connectivity index (χ0) is 85.8. The number of fused-ring (bicyclic) bond motifs is 3. The SMILES string of the molecule is COc1ccc(-c2cccc(NC(=O)C3(c4ccc5c(c4)OCO5)CC3)n2)cc1OC.CS(=O)(=O)NCc1ccc(-c2cccc(NC(=O)C3(c4ccc5c(c4)OCO5)CC3)n2)cc1.O=C(Nc1ccc(-c2ccccc2)cn1)C1(c2ccccc2)CC1.O=C(Nc1cccc(-c2ccc(S(=O)(=O)N3CCC(O)C3)cc2)n1)C1(c2ccc3c(c2)OCO3)CC1.[HH].[HH].[HH]. The summed E-state index contributed by atoms with van der Waals surface area (Å²) in [5.74, 6) is 7.13.